The molecule has 0 spiro atoms. The molecule has 5 nitrogen and oxygen atoms in total. The molecular formula is C21H28N2O3S2. The van der Waals surface area contributed by atoms with Gasteiger partial charge in [-0.15, -0.1) is 22.7 Å². The Morgan fingerprint density at radius 3 is 2.68 bits per heavy atom. The molecule has 0 aliphatic heterocycles. The fourth-order valence-corrected chi connectivity index (χ4v) is 5.84. The molecule has 0 unspecified atom stereocenters. The highest BCUT2D eigenvalue weighted by Crippen LogP contribution is 2.38. The molecule has 7 heteroatoms. The molecule has 0 bridgehead atoms. The molecule has 2 aromatic rings. The first-order valence-corrected chi connectivity index (χ1v) is 11.5. The molecule has 1 aliphatic carbocycles. The van der Waals surface area contributed by atoms with E-state index in [1.54, 1.807) is 18.4 Å². The zero-order valence-corrected chi connectivity index (χ0v) is 18.4. The van der Waals surface area contributed by atoms with E-state index in [0.29, 0.717) is 28.6 Å². The number of thiophene rings is 2. The summed E-state index contributed by atoms with van der Waals surface area (Å²) in [5.41, 5.74) is 2.98. The molecule has 28 heavy (non-hydrogen) atoms. The van der Waals surface area contributed by atoms with Gasteiger partial charge in [-0.2, -0.15) is 0 Å². The Bertz CT molecular complexity index is 854. The maximum Gasteiger partial charge on any atom is 0.266 e. The summed E-state index contributed by atoms with van der Waals surface area (Å²) in [6, 6.07) is 1.97. The van der Waals surface area contributed by atoms with E-state index in [4.69, 9.17) is 4.74 Å². The standard InChI is InChI=1S/C21H28N2O3S2/c1-4-14-12-17(27-13(14)2)19(24)23-21-18(20(25)22-10-7-11-26-3)15-8-5-6-9-16(15)28-21/h12H,4-11H2,1-3H3,(H,22,25)(H,23,24). The first-order chi connectivity index (χ1) is 13.5. The van der Waals surface area contributed by atoms with E-state index in [9.17, 15) is 9.59 Å². The molecule has 2 amide bonds. The van der Waals surface area contributed by atoms with Crippen molar-refractivity contribution < 1.29 is 14.3 Å². The van der Waals surface area contributed by atoms with Crippen molar-refractivity contribution in [2.45, 2.75) is 52.4 Å². The van der Waals surface area contributed by atoms with Gasteiger partial charge in [-0.05, 0) is 62.6 Å². The Morgan fingerprint density at radius 2 is 1.96 bits per heavy atom. The van der Waals surface area contributed by atoms with Crippen LogP contribution in [0.3, 0.4) is 0 Å². The van der Waals surface area contributed by atoms with Crippen LogP contribution in [-0.2, 0) is 24.0 Å². The maximum absolute atomic E-state index is 12.9. The van der Waals surface area contributed by atoms with E-state index >= 15 is 0 Å². The van der Waals surface area contributed by atoms with Crippen LogP contribution in [0.2, 0.25) is 0 Å². The Balaban J connectivity index is 1.82. The monoisotopic (exact) mass is 420 g/mol. The maximum atomic E-state index is 12.9. The van der Waals surface area contributed by atoms with E-state index in [1.165, 1.54) is 26.7 Å². The number of methoxy groups -OCH3 is 1. The number of rotatable bonds is 8. The second-order valence-corrected chi connectivity index (χ2v) is 9.38. The molecule has 0 radical (unpaired) electrons. The van der Waals surface area contributed by atoms with Crippen LogP contribution in [0.25, 0.3) is 0 Å². The molecule has 0 atom stereocenters. The van der Waals surface area contributed by atoms with Crippen LogP contribution in [0.15, 0.2) is 6.07 Å². The predicted molar refractivity (Wildman–Crippen MR) is 116 cm³/mol. The van der Waals surface area contributed by atoms with Gasteiger partial charge in [-0.3, -0.25) is 9.59 Å². The van der Waals surface area contributed by atoms with Crippen molar-refractivity contribution in [2.75, 3.05) is 25.6 Å². The third-order valence-corrected chi connectivity index (χ3v) is 7.36. The number of carbonyl (C=O) groups is 2. The zero-order chi connectivity index (χ0) is 20.1. The lowest BCUT2D eigenvalue weighted by atomic mass is 9.95. The van der Waals surface area contributed by atoms with Crippen molar-refractivity contribution in [3.05, 3.63) is 37.4 Å². The molecule has 0 aromatic carbocycles. The number of anilines is 1. The second kappa shape index (κ2) is 9.67. The number of ether oxygens (including phenoxy) is 1. The minimum atomic E-state index is -0.125. The van der Waals surface area contributed by atoms with Gasteiger partial charge in [0.1, 0.15) is 5.00 Å². The topological polar surface area (TPSA) is 67.4 Å². The van der Waals surface area contributed by atoms with Gasteiger partial charge in [-0.25, -0.2) is 0 Å². The minimum Gasteiger partial charge on any atom is -0.385 e. The van der Waals surface area contributed by atoms with E-state index in [1.807, 2.05) is 13.0 Å². The summed E-state index contributed by atoms with van der Waals surface area (Å²) < 4.78 is 5.05. The zero-order valence-electron chi connectivity index (χ0n) is 16.8. The quantitative estimate of drug-likeness (QED) is 0.615. The van der Waals surface area contributed by atoms with Crippen molar-refractivity contribution in [3.8, 4) is 0 Å². The summed E-state index contributed by atoms with van der Waals surface area (Å²) in [4.78, 5) is 28.8. The third kappa shape index (κ3) is 4.64. The van der Waals surface area contributed by atoms with E-state index < -0.39 is 0 Å². The first kappa shape index (κ1) is 21.0. The summed E-state index contributed by atoms with van der Waals surface area (Å²) in [5.74, 6) is -0.220. The fraction of sp³-hybridized carbons (Fsp3) is 0.524. The molecule has 152 valence electrons. The lowest BCUT2D eigenvalue weighted by Crippen LogP contribution is -2.27. The van der Waals surface area contributed by atoms with Gasteiger partial charge < -0.3 is 15.4 Å². The van der Waals surface area contributed by atoms with Crippen LogP contribution >= 0.6 is 22.7 Å². The highest BCUT2D eigenvalue weighted by Gasteiger charge is 2.26. The minimum absolute atomic E-state index is 0.0950. The molecule has 2 aromatic heterocycles. The van der Waals surface area contributed by atoms with Crippen LogP contribution in [0, 0.1) is 6.92 Å². The number of aryl methyl sites for hydroxylation is 3. The van der Waals surface area contributed by atoms with Crippen LogP contribution in [0.4, 0.5) is 5.00 Å². The molecule has 2 N–H and O–H groups in total. The SMILES string of the molecule is CCc1cc(C(=O)Nc2sc3c(c2C(=O)NCCCOC)CCCC3)sc1C. The van der Waals surface area contributed by atoms with Gasteiger partial charge in [0.25, 0.3) is 11.8 Å². The molecular weight excluding hydrogens is 392 g/mol. The van der Waals surface area contributed by atoms with Crippen molar-refractivity contribution in [1.29, 1.82) is 0 Å². The third-order valence-electron chi connectivity index (χ3n) is 5.06. The molecule has 1 aliphatic rings. The normalized spacial score (nSPS) is 13.2. The fourth-order valence-electron chi connectivity index (χ4n) is 3.55. The largest absolute Gasteiger partial charge is 0.385 e. The van der Waals surface area contributed by atoms with Crippen LogP contribution in [-0.4, -0.2) is 32.1 Å². The van der Waals surface area contributed by atoms with Gasteiger partial charge in [0.2, 0.25) is 0 Å². The smallest absolute Gasteiger partial charge is 0.266 e. The summed E-state index contributed by atoms with van der Waals surface area (Å²) >= 11 is 3.07. The predicted octanol–water partition coefficient (Wildman–Crippen LogP) is 4.58. The van der Waals surface area contributed by atoms with Crippen molar-refractivity contribution in [3.63, 3.8) is 0 Å². The van der Waals surface area contributed by atoms with Crippen LogP contribution < -0.4 is 10.6 Å². The lowest BCUT2D eigenvalue weighted by molar-refractivity contribution is 0.0948. The van der Waals surface area contributed by atoms with Crippen molar-refractivity contribution in [2.24, 2.45) is 0 Å². The highest BCUT2D eigenvalue weighted by molar-refractivity contribution is 7.17. The number of fused-ring (bicyclic) bond motifs is 1. The first-order valence-electron chi connectivity index (χ1n) is 9.87. The Hall–Kier alpha value is -1.70. The van der Waals surface area contributed by atoms with E-state index in [0.717, 1.165) is 44.1 Å². The van der Waals surface area contributed by atoms with Gasteiger partial charge in [0, 0.05) is 30.0 Å². The van der Waals surface area contributed by atoms with Gasteiger partial charge >= 0.3 is 0 Å². The van der Waals surface area contributed by atoms with Crippen LogP contribution in [0.5, 0.6) is 0 Å². The number of carbonyl (C=O) groups excluding carboxylic acids is 2. The highest BCUT2D eigenvalue weighted by atomic mass is 32.1. The Kier molecular flexibility index (Phi) is 7.26. The van der Waals surface area contributed by atoms with Crippen LogP contribution in [0.1, 0.15) is 67.1 Å². The molecule has 0 saturated carbocycles. The number of nitrogens with one attached hydrogen (secondary N) is 2. The van der Waals surface area contributed by atoms with E-state index in [2.05, 4.69) is 17.6 Å². The summed E-state index contributed by atoms with van der Waals surface area (Å²) in [5, 5.41) is 6.71. The summed E-state index contributed by atoms with van der Waals surface area (Å²) in [6.45, 7) is 5.32. The van der Waals surface area contributed by atoms with Gasteiger partial charge in [0.05, 0.1) is 10.4 Å². The number of hydrogen-bond donors (Lipinski definition) is 2. The molecule has 2 heterocycles. The average molecular weight is 421 g/mol. The van der Waals surface area contributed by atoms with Crippen molar-refractivity contribution in [1.82, 2.24) is 5.32 Å². The molecule has 3 rings (SSSR count). The molecule has 0 fully saturated rings. The summed E-state index contributed by atoms with van der Waals surface area (Å²) in [7, 11) is 1.65. The van der Waals surface area contributed by atoms with Crippen molar-refractivity contribution >= 4 is 39.5 Å². The number of hydrogen-bond acceptors (Lipinski definition) is 5. The Labute approximate surface area is 174 Å². The number of amides is 2. The average Bonchev–Trinajstić information content (AvgIpc) is 3.24. The van der Waals surface area contributed by atoms with Gasteiger partial charge in [0.15, 0.2) is 0 Å². The molecule has 0 saturated heterocycles. The lowest BCUT2D eigenvalue weighted by Gasteiger charge is -2.13. The van der Waals surface area contributed by atoms with Gasteiger partial charge in [-0.1, -0.05) is 6.92 Å². The Morgan fingerprint density at radius 1 is 1.18 bits per heavy atom. The summed E-state index contributed by atoms with van der Waals surface area (Å²) in [6.07, 6.45) is 5.80. The second-order valence-electron chi connectivity index (χ2n) is 7.02. The van der Waals surface area contributed by atoms with E-state index in [-0.39, 0.29) is 11.8 Å².